The Labute approximate surface area is 788 Å². The number of aryl methyl sites for hydroxylation is 5. The van der Waals surface area contributed by atoms with Crippen LogP contribution in [0.4, 0.5) is 46.0 Å². The highest BCUT2D eigenvalue weighted by Crippen LogP contribution is 2.39. The van der Waals surface area contributed by atoms with Crippen LogP contribution in [-0.2, 0) is 30.2 Å². The van der Waals surface area contributed by atoms with Gasteiger partial charge in [-0.3, -0.25) is 87.7 Å². The van der Waals surface area contributed by atoms with Crippen LogP contribution in [0.2, 0.25) is 0 Å². The number of nitrogens with zero attached hydrogens (tertiary/aromatic N) is 24. The van der Waals surface area contributed by atoms with E-state index in [1.54, 1.807) is 128 Å². The minimum atomic E-state index is -5.08. The normalized spacial score (nSPS) is 15.1. The zero-order chi connectivity index (χ0) is 95.7. The lowest BCUT2D eigenvalue weighted by molar-refractivity contribution is -0.192. The summed E-state index contributed by atoms with van der Waals surface area (Å²) in [7, 11) is 5.77. The quantitative estimate of drug-likeness (QED) is 0.0250. The SMILES string of the molecule is CCOC1CC(n2cc(NC(=O)c3csc(-c4cn[nH]c4)n3)c(C)n2)C1.CN1CCN(CCn2cc(NC(=O)c3csc(-c4cn[nH]c4)n3)c(-c3ccccn3)n2)CC1.Cc1nn(C)cc1NC(=O)c1csc(-c2cn[nH]c2)n1.Cc1nn(C)cc1NC(=O)c1csc(-c2cn[nH]c2)n1.O=C(Nc1cn(C2CC(O)C2)nc1-c1ncccc1F)c1csc(-c2cn[nH]c2)n1.O=C(O)C(F)(F)F. The molecule has 20 rings (SSSR count). The molecule has 0 bridgehead atoms. The van der Waals surface area contributed by atoms with Crippen molar-refractivity contribution in [2.45, 2.75) is 90.4 Å². The molecule has 2 saturated carbocycles. The van der Waals surface area contributed by atoms with Gasteiger partial charge in [-0.05, 0) is 84.7 Å². The van der Waals surface area contributed by atoms with Crippen LogP contribution in [0.25, 0.3) is 75.6 Å². The summed E-state index contributed by atoms with van der Waals surface area (Å²) in [4.78, 5) is 107. The van der Waals surface area contributed by atoms with Crippen molar-refractivity contribution in [1.82, 2.24) is 145 Å². The fraction of sp³-hybridized carbons (Fsp3) is 0.274. The Bertz CT molecular complexity index is 6700. The number of carboxylic acids is 1. The molecular formula is C84H86F4N34O9S5. The first-order chi connectivity index (χ1) is 65.6. The van der Waals surface area contributed by atoms with E-state index in [1.807, 2.05) is 81.7 Å². The van der Waals surface area contributed by atoms with Gasteiger partial charge in [-0.1, -0.05) is 6.07 Å². The highest BCUT2D eigenvalue weighted by molar-refractivity contribution is 7.14. The number of aliphatic hydroxyl groups is 1. The molecule has 18 heterocycles. The number of pyridine rings is 2. The number of aliphatic hydroxyl groups excluding tert-OH is 1. The van der Waals surface area contributed by atoms with Gasteiger partial charge in [0.2, 0.25) is 0 Å². The maximum Gasteiger partial charge on any atom is 0.490 e. The topological polar surface area (TPSA) is 541 Å². The average Bonchev–Trinajstić information content (AvgIpc) is 1.63. The molecule has 0 unspecified atom stereocenters. The summed E-state index contributed by atoms with van der Waals surface area (Å²) in [5.74, 6) is -4.74. The van der Waals surface area contributed by atoms with Crippen molar-refractivity contribution < 1.29 is 61.3 Å². The second kappa shape index (κ2) is 43.7. The second-order valence-electron chi connectivity index (χ2n) is 30.6. The van der Waals surface area contributed by atoms with Crippen LogP contribution >= 0.6 is 56.7 Å². The molecule has 17 aromatic rings. The van der Waals surface area contributed by atoms with Crippen molar-refractivity contribution in [2.75, 3.05) is 73.0 Å². The summed E-state index contributed by atoms with van der Waals surface area (Å²) < 4.78 is 60.5. The number of ether oxygens (including phenoxy) is 1. The highest BCUT2D eigenvalue weighted by atomic mass is 32.1. The number of piperazine rings is 1. The third-order valence-corrected chi connectivity index (χ3v) is 25.2. The van der Waals surface area contributed by atoms with Crippen molar-refractivity contribution in [1.29, 1.82) is 0 Å². The number of likely N-dealkylation sites (N-methyl/N-ethyl adjacent to an activating group) is 1. The third-order valence-electron chi connectivity index (χ3n) is 20.8. The lowest BCUT2D eigenvalue weighted by Crippen LogP contribution is -2.45. The maximum atomic E-state index is 14.4. The van der Waals surface area contributed by atoms with Gasteiger partial charge in [0.1, 0.15) is 70.6 Å². The first-order valence-electron chi connectivity index (χ1n) is 41.6. The number of halogens is 4. The Balaban J connectivity index is 0.000000128. The van der Waals surface area contributed by atoms with Crippen LogP contribution < -0.4 is 26.6 Å². The van der Waals surface area contributed by atoms with E-state index >= 15 is 0 Å². The number of thiazole rings is 5. The number of aromatic nitrogens is 27. The number of alkyl halides is 3. The molecule has 12 N–H and O–H groups in total. The van der Waals surface area contributed by atoms with Crippen molar-refractivity contribution >= 4 is 121 Å². The number of carbonyl (C=O) groups excluding carboxylic acids is 5. The molecule has 136 heavy (non-hydrogen) atoms. The lowest BCUT2D eigenvalue weighted by Gasteiger charge is -2.34. The molecule has 704 valence electrons. The van der Waals surface area contributed by atoms with Gasteiger partial charge in [0.25, 0.3) is 29.5 Å². The number of H-pyrrole nitrogens is 5. The van der Waals surface area contributed by atoms with Gasteiger partial charge in [-0.25, -0.2) is 34.1 Å². The largest absolute Gasteiger partial charge is 0.490 e. The molecule has 3 aliphatic rings. The van der Waals surface area contributed by atoms with Gasteiger partial charge in [0.05, 0.1) is 113 Å². The minimum absolute atomic E-state index is 0.0110. The summed E-state index contributed by atoms with van der Waals surface area (Å²) in [6.45, 7) is 14.2. The van der Waals surface area contributed by atoms with E-state index in [0.29, 0.717) is 92.6 Å². The van der Waals surface area contributed by atoms with E-state index in [1.165, 1.54) is 75.0 Å². The number of rotatable bonds is 24. The summed E-state index contributed by atoms with van der Waals surface area (Å²) in [5, 5.41) is 98.5. The monoisotopic (exact) mass is 1950 g/mol. The Hall–Kier alpha value is -15.1. The molecule has 1 saturated heterocycles. The molecule has 0 atom stereocenters. The zero-order valence-corrected chi connectivity index (χ0v) is 77.3. The zero-order valence-electron chi connectivity index (χ0n) is 73.2. The van der Waals surface area contributed by atoms with Gasteiger partial charge in [0, 0.05) is 183 Å². The summed E-state index contributed by atoms with van der Waals surface area (Å²) >= 11 is 6.94. The summed E-state index contributed by atoms with van der Waals surface area (Å²) in [6.07, 6.45) is 27.0. The van der Waals surface area contributed by atoms with Crippen LogP contribution in [0, 0.1) is 26.6 Å². The first-order valence-corrected chi connectivity index (χ1v) is 46.0. The Kier molecular flexibility index (Phi) is 30.7. The van der Waals surface area contributed by atoms with Gasteiger partial charge in [0.15, 0.2) is 5.82 Å². The van der Waals surface area contributed by atoms with E-state index in [2.05, 4.69) is 150 Å². The number of nitrogens with one attached hydrogen (secondary N) is 10. The van der Waals surface area contributed by atoms with Gasteiger partial charge < -0.3 is 46.4 Å². The molecule has 5 amide bonds. The molecule has 43 nitrogen and oxygen atoms in total. The summed E-state index contributed by atoms with van der Waals surface area (Å²) in [6, 6.07) is 8.77. The molecule has 0 aromatic carbocycles. The predicted molar refractivity (Wildman–Crippen MR) is 498 cm³/mol. The van der Waals surface area contributed by atoms with E-state index in [9.17, 15) is 46.6 Å². The van der Waals surface area contributed by atoms with Crippen molar-refractivity contribution in [2.24, 2.45) is 14.1 Å². The van der Waals surface area contributed by atoms with E-state index in [-0.39, 0.29) is 52.9 Å². The van der Waals surface area contributed by atoms with Gasteiger partial charge in [-0.2, -0.15) is 64.2 Å². The number of carbonyl (C=O) groups is 6. The minimum Gasteiger partial charge on any atom is -0.475 e. The molecular weight excluding hydrogens is 1870 g/mol. The number of anilines is 5. The number of aromatic amines is 5. The fourth-order valence-corrected chi connectivity index (χ4v) is 17.4. The highest BCUT2D eigenvalue weighted by Gasteiger charge is 2.39. The summed E-state index contributed by atoms with van der Waals surface area (Å²) in [5.41, 5.74) is 13.0. The smallest absolute Gasteiger partial charge is 0.475 e. The lowest BCUT2D eigenvalue weighted by atomic mass is 9.89. The standard InChI is InChI=1S/C22H25N9OS.C19H16FN7O2S.C17H20N6O2S.2C12H12N6OS.C2HF3O2/c1-29-6-8-30(9-7-29)10-11-31-14-18(20(28-31)17-4-2-3-5-23-17)26-21(32)19-15-33-22(27-19)16-12-24-25-13-16;20-13-2-1-3-21-16(13)17-14(8-27(26-17)11-4-12(28)5-11)24-18(29)15-9-30-19(25-15)10-6-22-23-7-10;1-3-25-13-4-12(5-13)23-8-14(10(2)22-23)20-16(24)15-9-26-17(21-15)11-6-18-19-7-11;2*1-7-9(5-18(2)17-7)15-11(19)10-6-20-12(16-10)8-3-13-14-4-8;3-2(4,5)1(6)7/h2-5,12-15H,6-11H2,1H3,(H,24,25)(H,26,32);1-3,6-9,11-12,28H,4-5H2,(H,22,23)(H,24,29);6-9,12-13H,3-5H2,1-2H3,(H,18,19)(H,20,24);2*3-6H,1-2H3,(H,13,14)(H,15,19);(H,6,7). The average molecular weight is 1950 g/mol. The van der Waals surface area contributed by atoms with E-state index in [4.69, 9.17) is 19.7 Å². The number of hydrogen-bond donors (Lipinski definition) is 12. The Morgan fingerprint density at radius 3 is 1.21 bits per heavy atom. The van der Waals surface area contributed by atoms with Crippen LogP contribution in [0.15, 0.2) is 163 Å². The number of carboxylic acid groups (broad SMARTS) is 1. The molecule has 2 aliphatic carbocycles. The molecule has 0 radical (unpaired) electrons. The van der Waals surface area contributed by atoms with Crippen LogP contribution in [0.5, 0.6) is 0 Å². The van der Waals surface area contributed by atoms with Gasteiger partial charge >= 0.3 is 12.1 Å². The Morgan fingerprint density at radius 2 is 0.846 bits per heavy atom. The van der Waals surface area contributed by atoms with E-state index in [0.717, 1.165) is 124 Å². The van der Waals surface area contributed by atoms with Crippen molar-refractivity contribution in [3.05, 3.63) is 214 Å². The van der Waals surface area contributed by atoms with Crippen LogP contribution in [0.3, 0.4) is 0 Å². The molecule has 1 aliphatic heterocycles. The van der Waals surface area contributed by atoms with Gasteiger partial charge in [-0.15, -0.1) is 56.7 Å². The molecule has 0 spiro atoms. The predicted octanol–water partition coefficient (Wildman–Crippen LogP) is 12.5. The number of hydrogen-bond acceptors (Lipinski definition) is 32. The van der Waals surface area contributed by atoms with E-state index < -0.39 is 23.9 Å². The third kappa shape index (κ3) is 24.5. The first kappa shape index (κ1) is 95.5. The molecule has 17 aromatic heterocycles. The second-order valence-corrected chi connectivity index (χ2v) is 34.9. The number of aliphatic carboxylic acids is 1. The van der Waals surface area contributed by atoms with Crippen molar-refractivity contribution in [3.8, 4) is 75.6 Å². The molecule has 52 heteroatoms. The maximum absolute atomic E-state index is 14.4. The van der Waals surface area contributed by atoms with Crippen LogP contribution in [0.1, 0.15) is 114 Å². The Morgan fingerprint density at radius 1 is 0.463 bits per heavy atom. The fourth-order valence-electron chi connectivity index (χ4n) is 13.5. The van der Waals surface area contributed by atoms with Crippen LogP contribution in [-0.4, -0.2) is 255 Å². The number of amides is 5. The van der Waals surface area contributed by atoms with Crippen molar-refractivity contribution in [3.63, 3.8) is 0 Å². The molecule has 3 fully saturated rings.